The van der Waals surface area contributed by atoms with Crippen LogP contribution in [0.1, 0.15) is 24.5 Å². The van der Waals surface area contributed by atoms with Crippen LogP contribution in [0.5, 0.6) is 11.5 Å². The minimum Gasteiger partial charge on any atom is -0.497 e. The molecule has 0 saturated carbocycles. The molecule has 1 N–H and O–H groups in total. The highest BCUT2D eigenvalue weighted by atomic mass is 127. The van der Waals surface area contributed by atoms with Crippen molar-refractivity contribution in [3.8, 4) is 11.5 Å². The second-order valence-corrected chi connectivity index (χ2v) is 6.40. The monoisotopic (exact) mass is 501 g/mol. The number of halogens is 1. The number of benzene rings is 1. The minimum absolute atomic E-state index is 0. The first-order valence-corrected chi connectivity index (χ1v) is 9.25. The topological polar surface area (TPSA) is 63.9 Å². The van der Waals surface area contributed by atoms with E-state index in [4.69, 9.17) is 14.5 Å². The van der Waals surface area contributed by atoms with Crippen LogP contribution in [0.3, 0.4) is 0 Å². The van der Waals surface area contributed by atoms with Crippen molar-refractivity contribution in [1.82, 2.24) is 20.0 Å². The molecule has 0 aliphatic rings. The van der Waals surface area contributed by atoms with Gasteiger partial charge in [-0.25, -0.2) is 0 Å². The van der Waals surface area contributed by atoms with Crippen molar-refractivity contribution in [2.45, 2.75) is 26.3 Å². The Bertz CT molecular complexity index is 748. The van der Waals surface area contributed by atoms with Crippen LogP contribution in [0.15, 0.2) is 35.6 Å². The quantitative estimate of drug-likeness (QED) is 0.248. The van der Waals surface area contributed by atoms with Crippen LogP contribution in [-0.2, 0) is 20.0 Å². The molecule has 0 aliphatic heterocycles. The third-order valence-electron chi connectivity index (χ3n) is 4.24. The second-order valence-electron chi connectivity index (χ2n) is 6.40. The van der Waals surface area contributed by atoms with Crippen molar-refractivity contribution < 1.29 is 9.47 Å². The summed E-state index contributed by atoms with van der Waals surface area (Å²) in [7, 11) is 7.30. The van der Waals surface area contributed by atoms with Crippen molar-refractivity contribution in [2.75, 3.05) is 34.4 Å². The van der Waals surface area contributed by atoms with Gasteiger partial charge in [0.1, 0.15) is 11.5 Å². The molecule has 0 unspecified atom stereocenters. The molecule has 8 heteroatoms. The molecule has 0 saturated heterocycles. The standard InChI is InChI=1S/C20H31N5O2.HI/c1-6-21-20(22-11-7-8-16-13-23-25(3)14-16)24(2)15-17-9-10-18(26-4)12-19(17)27-5;/h9-10,12-14H,6-8,11,15H2,1-5H3,(H,21,22);1H. The Morgan fingerprint density at radius 1 is 1.29 bits per heavy atom. The SMILES string of the molecule is CCNC(=NCCCc1cnn(C)c1)N(C)Cc1ccc(OC)cc1OC.I. The zero-order chi connectivity index (χ0) is 19.6. The predicted octanol–water partition coefficient (Wildman–Crippen LogP) is 3.09. The summed E-state index contributed by atoms with van der Waals surface area (Å²) in [6, 6.07) is 5.88. The van der Waals surface area contributed by atoms with Crippen molar-refractivity contribution in [2.24, 2.45) is 12.0 Å². The van der Waals surface area contributed by atoms with Crippen LogP contribution in [0.25, 0.3) is 0 Å². The fourth-order valence-corrected chi connectivity index (χ4v) is 2.85. The van der Waals surface area contributed by atoms with E-state index in [0.717, 1.165) is 49.0 Å². The molecule has 1 heterocycles. The van der Waals surface area contributed by atoms with Gasteiger partial charge in [0.05, 0.1) is 20.4 Å². The molecule has 0 fully saturated rings. The lowest BCUT2D eigenvalue weighted by atomic mass is 10.2. The Labute approximate surface area is 185 Å². The van der Waals surface area contributed by atoms with E-state index < -0.39 is 0 Å². The lowest BCUT2D eigenvalue weighted by Gasteiger charge is -2.23. The lowest BCUT2D eigenvalue weighted by molar-refractivity contribution is 0.382. The number of hydrogen-bond acceptors (Lipinski definition) is 4. The molecule has 0 radical (unpaired) electrons. The molecule has 7 nitrogen and oxygen atoms in total. The number of aryl methyl sites for hydroxylation is 2. The van der Waals surface area contributed by atoms with E-state index in [9.17, 15) is 0 Å². The smallest absolute Gasteiger partial charge is 0.193 e. The van der Waals surface area contributed by atoms with E-state index in [-0.39, 0.29) is 24.0 Å². The van der Waals surface area contributed by atoms with Gasteiger partial charge in [0, 0.05) is 51.6 Å². The number of methoxy groups -OCH3 is 2. The zero-order valence-corrected chi connectivity index (χ0v) is 19.8. The summed E-state index contributed by atoms with van der Waals surface area (Å²) in [6.45, 7) is 4.36. The highest BCUT2D eigenvalue weighted by molar-refractivity contribution is 14.0. The summed E-state index contributed by atoms with van der Waals surface area (Å²) in [5.74, 6) is 2.49. The van der Waals surface area contributed by atoms with E-state index in [1.807, 2.05) is 43.2 Å². The summed E-state index contributed by atoms with van der Waals surface area (Å²) in [4.78, 5) is 6.87. The van der Waals surface area contributed by atoms with Gasteiger partial charge in [-0.15, -0.1) is 24.0 Å². The number of guanidine groups is 1. The molecular weight excluding hydrogens is 469 g/mol. The molecule has 28 heavy (non-hydrogen) atoms. The summed E-state index contributed by atoms with van der Waals surface area (Å²) in [6.07, 6.45) is 5.93. The molecule has 0 spiro atoms. The lowest BCUT2D eigenvalue weighted by Crippen LogP contribution is -2.38. The molecule has 0 amide bonds. The Morgan fingerprint density at radius 2 is 2.07 bits per heavy atom. The Kier molecular flexibility index (Phi) is 10.7. The van der Waals surface area contributed by atoms with Crippen LogP contribution in [0.4, 0.5) is 0 Å². The molecule has 0 atom stereocenters. The first kappa shape index (κ1) is 24.1. The van der Waals surface area contributed by atoms with Crippen molar-refractivity contribution in [3.05, 3.63) is 41.7 Å². The van der Waals surface area contributed by atoms with Crippen molar-refractivity contribution in [1.29, 1.82) is 0 Å². The molecule has 2 rings (SSSR count). The third kappa shape index (κ3) is 7.21. The van der Waals surface area contributed by atoms with Gasteiger partial charge >= 0.3 is 0 Å². The van der Waals surface area contributed by atoms with Crippen LogP contribution in [0.2, 0.25) is 0 Å². The van der Waals surface area contributed by atoms with Gasteiger partial charge in [0.2, 0.25) is 0 Å². The maximum Gasteiger partial charge on any atom is 0.193 e. The molecule has 0 bridgehead atoms. The maximum absolute atomic E-state index is 5.50. The highest BCUT2D eigenvalue weighted by Gasteiger charge is 2.11. The second kappa shape index (κ2) is 12.5. The Morgan fingerprint density at radius 3 is 2.68 bits per heavy atom. The fourth-order valence-electron chi connectivity index (χ4n) is 2.85. The average Bonchev–Trinajstić information content (AvgIpc) is 3.09. The van der Waals surface area contributed by atoms with Crippen LogP contribution in [-0.4, -0.2) is 55.0 Å². The molecule has 2 aromatic rings. The molecule has 1 aromatic heterocycles. The van der Waals surface area contributed by atoms with E-state index in [1.54, 1.807) is 14.2 Å². The minimum atomic E-state index is 0. The first-order chi connectivity index (χ1) is 13.1. The number of nitrogens with zero attached hydrogens (tertiary/aromatic N) is 4. The van der Waals surface area contributed by atoms with E-state index >= 15 is 0 Å². The average molecular weight is 501 g/mol. The summed E-state index contributed by atoms with van der Waals surface area (Å²) in [5, 5.41) is 7.56. The van der Waals surface area contributed by atoms with Gasteiger partial charge < -0.3 is 19.7 Å². The Balaban J connectivity index is 0.00000392. The van der Waals surface area contributed by atoms with Crippen molar-refractivity contribution >= 4 is 29.9 Å². The highest BCUT2D eigenvalue weighted by Crippen LogP contribution is 2.25. The van der Waals surface area contributed by atoms with Gasteiger partial charge in [0.25, 0.3) is 0 Å². The number of hydrogen-bond donors (Lipinski definition) is 1. The summed E-state index contributed by atoms with van der Waals surface area (Å²) in [5.41, 5.74) is 2.33. The number of nitrogens with one attached hydrogen (secondary N) is 1. The summed E-state index contributed by atoms with van der Waals surface area (Å²) < 4.78 is 12.6. The zero-order valence-electron chi connectivity index (χ0n) is 17.4. The van der Waals surface area contributed by atoms with Crippen LogP contribution < -0.4 is 14.8 Å². The van der Waals surface area contributed by atoms with E-state index in [2.05, 4.69) is 28.4 Å². The first-order valence-electron chi connectivity index (χ1n) is 9.25. The maximum atomic E-state index is 5.50. The number of aliphatic imine (C=N–C) groups is 1. The van der Waals surface area contributed by atoms with Gasteiger partial charge in [-0.05, 0) is 37.5 Å². The van der Waals surface area contributed by atoms with Gasteiger partial charge in [0.15, 0.2) is 5.96 Å². The molecule has 1 aromatic carbocycles. The largest absolute Gasteiger partial charge is 0.497 e. The fraction of sp³-hybridized carbons (Fsp3) is 0.500. The third-order valence-corrected chi connectivity index (χ3v) is 4.24. The van der Waals surface area contributed by atoms with Gasteiger partial charge in [-0.1, -0.05) is 0 Å². The molecule has 0 aliphatic carbocycles. The number of rotatable bonds is 9. The van der Waals surface area contributed by atoms with E-state index in [1.165, 1.54) is 5.56 Å². The Hall–Kier alpha value is -1.97. The van der Waals surface area contributed by atoms with Crippen LogP contribution in [0, 0.1) is 0 Å². The van der Waals surface area contributed by atoms with Gasteiger partial charge in [-0.3, -0.25) is 9.67 Å². The predicted molar refractivity (Wildman–Crippen MR) is 124 cm³/mol. The van der Waals surface area contributed by atoms with Crippen molar-refractivity contribution in [3.63, 3.8) is 0 Å². The summed E-state index contributed by atoms with van der Waals surface area (Å²) >= 11 is 0. The van der Waals surface area contributed by atoms with Crippen LogP contribution >= 0.6 is 24.0 Å². The van der Waals surface area contributed by atoms with Gasteiger partial charge in [-0.2, -0.15) is 5.10 Å². The van der Waals surface area contributed by atoms with E-state index in [0.29, 0.717) is 6.54 Å². The molecular formula is C20H32IN5O2. The molecule has 156 valence electrons. The number of ether oxygens (including phenoxy) is 2. The normalized spacial score (nSPS) is 11.0. The number of aromatic nitrogens is 2.